The van der Waals surface area contributed by atoms with Gasteiger partial charge in [-0.3, -0.25) is 4.79 Å². The Labute approximate surface area is 184 Å². The van der Waals surface area contributed by atoms with Crippen LogP contribution in [0.4, 0.5) is 0 Å². The lowest BCUT2D eigenvalue weighted by molar-refractivity contribution is -0.120. The maximum atomic E-state index is 12.6. The fourth-order valence-electron chi connectivity index (χ4n) is 2.50. The molecule has 0 unspecified atom stereocenters. The van der Waals surface area contributed by atoms with Crippen LogP contribution in [0, 0.1) is 0 Å². The summed E-state index contributed by atoms with van der Waals surface area (Å²) in [5.74, 6) is -0.277. The quantitative estimate of drug-likeness (QED) is 0.319. The van der Waals surface area contributed by atoms with Crippen LogP contribution in [0.15, 0.2) is 82.8 Å². The third-order valence-electron chi connectivity index (χ3n) is 3.88. The van der Waals surface area contributed by atoms with Gasteiger partial charge >= 0.3 is 10.1 Å². The highest BCUT2D eigenvalue weighted by Crippen LogP contribution is 2.28. The fraction of sp³-hybridized carbons (Fsp3) is 0.0476. The normalized spacial score (nSPS) is 11.4. The van der Waals surface area contributed by atoms with Crippen LogP contribution in [0.25, 0.3) is 0 Å². The van der Waals surface area contributed by atoms with Gasteiger partial charge in [0.25, 0.3) is 0 Å². The molecular weight excluding hydrogens is 447 g/mol. The van der Waals surface area contributed by atoms with E-state index in [0.29, 0.717) is 10.6 Å². The predicted octanol–water partition coefficient (Wildman–Crippen LogP) is 4.45. The number of hydrogen-bond acceptors (Lipinski definition) is 5. The van der Waals surface area contributed by atoms with Gasteiger partial charge in [-0.25, -0.2) is 5.43 Å². The number of rotatable bonds is 7. The summed E-state index contributed by atoms with van der Waals surface area (Å²) in [5.41, 5.74) is 3.61. The van der Waals surface area contributed by atoms with Gasteiger partial charge in [-0.1, -0.05) is 65.7 Å². The second-order valence-corrected chi connectivity index (χ2v) is 8.46. The lowest BCUT2D eigenvalue weighted by atomic mass is 10.1. The Morgan fingerprint density at radius 1 is 1.00 bits per heavy atom. The number of hydrogen-bond donors (Lipinski definition) is 1. The van der Waals surface area contributed by atoms with E-state index >= 15 is 0 Å². The van der Waals surface area contributed by atoms with Crippen molar-refractivity contribution >= 4 is 45.4 Å². The maximum Gasteiger partial charge on any atom is 0.340 e. The molecule has 3 rings (SSSR count). The summed E-state index contributed by atoms with van der Waals surface area (Å²) in [6, 6.07) is 19.5. The van der Waals surface area contributed by atoms with E-state index in [1.165, 1.54) is 30.5 Å². The van der Waals surface area contributed by atoms with E-state index in [0.717, 1.165) is 5.56 Å². The summed E-state index contributed by atoms with van der Waals surface area (Å²) in [6.07, 6.45) is 1.47. The highest BCUT2D eigenvalue weighted by Gasteiger charge is 2.21. The van der Waals surface area contributed by atoms with Gasteiger partial charge in [-0.05, 0) is 35.9 Å². The molecule has 0 aliphatic heterocycles. The van der Waals surface area contributed by atoms with E-state index in [2.05, 4.69) is 10.5 Å². The summed E-state index contributed by atoms with van der Waals surface area (Å²) >= 11 is 11.8. The minimum atomic E-state index is -4.20. The topological polar surface area (TPSA) is 84.8 Å². The molecule has 154 valence electrons. The molecule has 0 heterocycles. The standard InChI is InChI=1S/C21H16Cl2N2O4S/c22-17-10-11-20(18(23)13-17)30(27,28)29-19-9-5-4-8-16(19)14-24-25-21(26)12-15-6-2-1-3-7-15/h1-11,13-14H,12H2,(H,25,26)/b24-14+. The van der Waals surface area contributed by atoms with Crippen LogP contribution in [0.3, 0.4) is 0 Å². The number of amides is 1. The molecule has 9 heteroatoms. The van der Waals surface area contributed by atoms with Crippen molar-refractivity contribution in [1.82, 2.24) is 5.43 Å². The van der Waals surface area contributed by atoms with E-state index < -0.39 is 10.1 Å². The van der Waals surface area contributed by atoms with Crippen LogP contribution in [-0.2, 0) is 21.3 Å². The highest BCUT2D eigenvalue weighted by molar-refractivity contribution is 7.87. The van der Waals surface area contributed by atoms with E-state index in [-0.39, 0.29) is 28.0 Å². The van der Waals surface area contributed by atoms with Crippen molar-refractivity contribution in [2.45, 2.75) is 11.3 Å². The largest absolute Gasteiger partial charge is 0.378 e. The molecule has 0 bridgehead atoms. The zero-order chi connectivity index (χ0) is 21.6. The Morgan fingerprint density at radius 2 is 1.70 bits per heavy atom. The second kappa shape index (κ2) is 9.75. The Bertz CT molecular complexity index is 1180. The van der Waals surface area contributed by atoms with Crippen LogP contribution in [-0.4, -0.2) is 20.5 Å². The van der Waals surface area contributed by atoms with Crippen molar-refractivity contribution in [3.8, 4) is 5.75 Å². The van der Waals surface area contributed by atoms with Crippen molar-refractivity contribution in [2.75, 3.05) is 0 Å². The van der Waals surface area contributed by atoms with Crippen molar-refractivity contribution in [3.63, 3.8) is 0 Å². The Kier molecular flexibility index (Phi) is 7.10. The minimum Gasteiger partial charge on any atom is -0.378 e. The zero-order valence-electron chi connectivity index (χ0n) is 15.5. The summed E-state index contributed by atoms with van der Waals surface area (Å²) in [7, 11) is -4.20. The van der Waals surface area contributed by atoms with Crippen LogP contribution in [0.5, 0.6) is 5.75 Å². The molecule has 0 atom stereocenters. The van der Waals surface area contributed by atoms with Crippen LogP contribution < -0.4 is 9.61 Å². The van der Waals surface area contributed by atoms with E-state index in [9.17, 15) is 13.2 Å². The predicted molar refractivity (Wildman–Crippen MR) is 117 cm³/mol. The average molecular weight is 463 g/mol. The zero-order valence-corrected chi connectivity index (χ0v) is 17.8. The first-order valence-corrected chi connectivity index (χ1v) is 10.9. The number of nitrogens with zero attached hydrogens (tertiary/aromatic N) is 1. The Hall–Kier alpha value is -2.87. The second-order valence-electron chi connectivity index (χ2n) is 6.11. The molecule has 0 saturated heterocycles. The summed E-state index contributed by atoms with van der Waals surface area (Å²) in [5, 5.41) is 4.14. The molecule has 0 saturated carbocycles. The minimum absolute atomic E-state index is 0.0320. The molecule has 3 aromatic carbocycles. The monoisotopic (exact) mass is 462 g/mol. The number of benzene rings is 3. The van der Waals surface area contributed by atoms with Gasteiger partial charge in [0, 0.05) is 10.6 Å². The van der Waals surface area contributed by atoms with Crippen LogP contribution >= 0.6 is 23.2 Å². The van der Waals surface area contributed by atoms with Gasteiger partial charge in [0.05, 0.1) is 17.7 Å². The van der Waals surface area contributed by atoms with Gasteiger partial charge in [0.15, 0.2) is 5.75 Å². The Balaban J connectivity index is 1.72. The van der Waals surface area contributed by atoms with Crippen LogP contribution in [0.1, 0.15) is 11.1 Å². The molecule has 30 heavy (non-hydrogen) atoms. The van der Waals surface area contributed by atoms with Gasteiger partial charge in [0.1, 0.15) is 4.90 Å². The molecule has 0 aromatic heterocycles. The molecule has 3 aromatic rings. The molecule has 0 aliphatic rings. The molecule has 0 spiro atoms. The SMILES string of the molecule is O=C(Cc1ccccc1)N/N=C/c1ccccc1OS(=O)(=O)c1ccc(Cl)cc1Cl. The number of halogens is 2. The lowest BCUT2D eigenvalue weighted by Gasteiger charge is -2.10. The Morgan fingerprint density at radius 3 is 2.43 bits per heavy atom. The summed E-state index contributed by atoms with van der Waals surface area (Å²) in [4.78, 5) is 11.8. The molecule has 1 amide bonds. The lowest BCUT2D eigenvalue weighted by Crippen LogP contribution is -2.19. The number of carbonyl (C=O) groups excluding carboxylic acids is 1. The highest BCUT2D eigenvalue weighted by atomic mass is 35.5. The van der Waals surface area contributed by atoms with E-state index in [4.69, 9.17) is 27.4 Å². The van der Waals surface area contributed by atoms with Crippen molar-refractivity contribution < 1.29 is 17.4 Å². The average Bonchev–Trinajstić information content (AvgIpc) is 2.69. The third-order valence-corrected chi connectivity index (χ3v) is 5.84. The molecule has 0 fully saturated rings. The maximum absolute atomic E-state index is 12.6. The first-order chi connectivity index (χ1) is 14.3. The van der Waals surface area contributed by atoms with Gasteiger partial charge < -0.3 is 4.18 Å². The van der Waals surface area contributed by atoms with Crippen molar-refractivity contribution in [2.24, 2.45) is 5.10 Å². The molecular formula is C21H16Cl2N2O4S. The molecule has 6 nitrogen and oxygen atoms in total. The first kappa shape index (κ1) is 21.8. The molecule has 0 aliphatic carbocycles. The van der Waals surface area contributed by atoms with Gasteiger partial charge in [0.2, 0.25) is 5.91 Å². The molecule has 0 radical (unpaired) electrons. The number of para-hydroxylation sites is 1. The smallest absolute Gasteiger partial charge is 0.340 e. The van der Waals surface area contributed by atoms with Gasteiger partial charge in [-0.2, -0.15) is 13.5 Å². The fourth-order valence-corrected chi connectivity index (χ4v) is 4.20. The van der Waals surface area contributed by atoms with Crippen molar-refractivity contribution in [1.29, 1.82) is 0 Å². The molecule has 1 N–H and O–H groups in total. The number of carbonyl (C=O) groups is 1. The van der Waals surface area contributed by atoms with Crippen molar-refractivity contribution in [3.05, 3.63) is 94.0 Å². The third kappa shape index (κ3) is 5.82. The van der Waals surface area contributed by atoms with Crippen LogP contribution in [0.2, 0.25) is 10.0 Å². The first-order valence-electron chi connectivity index (χ1n) is 8.69. The van der Waals surface area contributed by atoms with E-state index in [1.54, 1.807) is 18.2 Å². The summed E-state index contributed by atoms with van der Waals surface area (Å²) in [6.45, 7) is 0. The number of nitrogens with one attached hydrogen (secondary N) is 1. The van der Waals surface area contributed by atoms with Gasteiger partial charge in [-0.15, -0.1) is 0 Å². The summed E-state index contributed by atoms with van der Waals surface area (Å²) < 4.78 is 30.4. The number of hydrazone groups is 1. The van der Waals surface area contributed by atoms with E-state index in [1.807, 2.05) is 30.3 Å².